The summed E-state index contributed by atoms with van der Waals surface area (Å²) in [6.45, 7) is 0. The van der Waals surface area contributed by atoms with Crippen molar-refractivity contribution in [3.05, 3.63) is 36.4 Å². The summed E-state index contributed by atoms with van der Waals surface area (Å²) < 4.78 is 11.4. The van der Waals surface area contributed by atoms with Crippen molar-refractivity contribution in [2.75, 3.05) is 19.5 Å². The molecule has 0 unspecified atom stereocenters. The molecule has 0 aliphatic heterocycles. The van der Waals surface area contributed by atoms with E-state index in [4.69, 9.17) is 9.47 Å². The maximum absolute atomic E-state index is 12.0. The molecule has 8 heteroatoms. The van der Waals surface area contributed by atoms with Gasteiger partial charge in [-0.2, -0.15) is 0 Å². The van der Waals surface area contributed by atoms with Gasteiger partial charge in [-0.3, -0.25) is 15.1 Å². The predicted octanol–water partition coefficient (Wildman–Crippen LogP) is 2.36. The summed E-state index contributed by atoms with van der Waals surface area (Å²) in [6.07, 6.45) is 4.37. The summed E-state index contributed by atoms with van der Waals surface area (Å²) in [5.41, 5.74) is 0.953. The summed E-state index contributed by atoms with van der Waals surface area (Å²) >= 11 is 1.34. The Bertz CT molecular complexity index is 779. The second-order valence-electron chi connectivity index (χ2n) is 4.24. The lowest BCUT2D eigenvalue weighted by atomic mass is 10.3. The van der Waals surface area contributed by atoms with E-state index in [1.165, 1.54) is 29.9 Å². The molecule has 0 atom stereocenters. The molecule has 1 aromatic carbocycles. The van der Waals surface area contributed by atoms with Crippen LogP contribution >= 0.6 is 11.3 Å². The normalized spacial score (nSPS) is 10.5. The molecule has 3 aromatic rings. The van der Waals surface area contributed by atoms with E-state index in [2.05, 4.69) is 20.3 Å². The summed E-state index contributed by atoms with van der Waals surface area (Å²) in [4.78, 5) is 24.2. The SMILES string of the molecule is COc1cc2nc(NC(=O)c3cnccn3)sc2cc1OC. The Morgan fingerprint density at radius 3 is 2.64 bits per heavy atom. The van der Waals surface area contributed by atoms with Gasteiger partial charge < -0.3 is 9.47 Å². The van der Waals surface area contributed by atoms with Gasteiger partial charge in [-0.1, -0.05) is 11.3 Å². The highest BCUT2D eigenvalue weighted by atomic mass is 32.1. The van der Waals surface area contributed by atoms with E-state index < -0.39 is 0 Å². The number of methoxy groups -OCH3 is 2. The summed E-state index contributed by atoms with van der Waals surface area (Å²) in [5.74, 6) is 0.851. The Kier molecular flexibility index (Phi) is 3.84. The highest BCUT2D eigenvalue weighted by Crippen LogP contribution is 2.36. The monoisotopic (exact) mass is 316 g/mol. The number of hydrogen-bond acceptors (Lipinski definition) is 7. The third-order valence-electron chi connectivity index (χ3n) is 2.91. The van der Waals surface area contributed by atoms with E-state index in [1.54, 1.807) is 20.3 Å². The summed E-state index contributed by atoms with van der Waals surface area (Å²) in [5, 5.41) is 3.18. The average molecular weight is 316 g/mol. The Morgan fingerprint density at radius 2 is 1.95 bits per heavy atom. The minimum atomic E-state index is -0.355. The minimum absolute atomic E-state index is 0.233. The zero-order chi connectivity index (χ0) is 15.5. The molecular weight excluding hydrogens is 304 g/mol. The van der Waals surface area contributed by atoms with Crippen LogP contribution in [0, 0.1) is 0 Å². The van der Waals surface area contributed by atoms with Crippen LogP contribution in [0.25, 0.3) is 10.2 Å². The van der Waals surface area contributed by atoms with E-state index in [9.17, 15) is 4.79 Å². The number of amides is 1. The number of anilines is 1. The van der Waals surface area contributed by atoms with Crippen LogP contribution in [0.3, 0.4) is 0 Å². The van der Waals surface area contributed by atoms with Crippen molar-refractivity contribution in [2.45, 2.75) is 0 Å². The molecular formula is C14H12N4O3S. The zero-order valence-corrected chi connectivity index (χ0v) is 12.7. The average Bonchev–Trinajstić information content (AvgIpc) is 2.95. The van der Waals surface area contributed by atoms with Gasteiger partial charge in [-0.25, -0.2) is 9.97 Å². The van der Waals surface area contributed by atoms with Crippen molar-refractivity contribution in [3.8, 4) is 11.5 Å². The lowest BCUT2D eigenvalue weighted by molar-refractivity contribution is 0.102. The number of benzene rings is 1. The lowest BCUT2D eigenvalue weighted by Gasteiger charge is -2.05. The lowest BCUT2D eigenvalue weighted by Crippen LogP contribution is -2.13. The first-order chi connectivity index (χ1) is 10.7. The number of carbonyl (C=O) groups excluding carboxylic acids is 1. The molecule has 1 amide bonds. The third kappa shape index (κ3) is 2.68. The van der Waals surface area contributed by atoms with Crippen LogP contribution in [0.5, 0.6) is 11.5 Å². The first-order valence-electron chi connectivity index (χ1n) is 6.31. The van der Waals surface area contributed by atoms with Gasteiger partial charge in [-0.15, -0.1) is 0 Å². The van der Waals surface area contributed by atoms with Crippen molar-refractivity contribution >= 4 is 32.6 Å². The fraction of sp³-hybridized carbons (Fsp3) is 0.143. The van der Waals surface area contributed by atoms with Gasteiger partial charge >= 0.3 is 0 Å². The highest BCUT2D eigenvalue weighted by Gasteiger charge is 2.13. The first-order valence-corrected chi connectivity index (χ1v) is 7.13. The standard InChI is InChI=1S/C14H12N4O3S/c1-20-10-5-8-12(6-11(10)21-2)22-14(17-8)18-13(19)9-7-15-3-4-16-9/h3-7H,1-2H3,(H,17,18,19). The van der Waals surface area contributed by atoms with Crippen LogP contribution in [0.2, 0.25) is 0 Å². The number of thiazole rings is 1. The van der Waals surface area contributed by atoms with Crippen molar-refractivity contribution < 1.29 is 14.3 Å². The maximum Gasteiger partial charge on any atom is 0.277 e. The van der Waals surface area contributed by atoms with Gasteiger partial charge in [0.1, 0.15) is 5.69 Å². The van der Waals surface area contributed by atoms with Crippen molar-refractivity contribution in [1.29, 1.82) is 0 Å². The molecule has 0 aliphatic carbocycles. The number of nitrogens with zero attached hydrogens (tertiary/aromatic N) is 3. The first kappa shape index (κ1) is 14.2. The smallest absolute Gasteiger partial charge is 0.277 e. The molecule has 22 heavy (non-hydrogen) atoms. The third-order valence-corrected chi connectivity index (χ3v) is 3.84. The minimum Gasteiger partial charge on any atom is -0.493 e. The van der Waals surface area contributed by atoms with Crippen LogP contribution in [0.4, 0.5) is 5.13 Å². The van der Waals surface area contributed by atoms with E-state index in [1.807, 2.05) is 6.07 Å². The number of carbonyl (C=O) groups is 1. The number of nitrogens with one attached hydrogen (secondary N) is 1. The molecule has 0 bridgehead atoms. The quantitative estimate of drug-likeness (QED) is 0.795. The molecule has 0 saturated heterocycles. The second kappa shape index (κ2) is 5.94. The molecule has 0 radical (unpaired) electrons. The Labute approximate surface area is 130 Å². The number of ether oxygens (including phenoxy) is 2. The van der Waals surface area contributed by atoms with Crippen LogP contribution in [-0.4, -0.2) is 35.1 Å². The number of aromatic nitrogens is 3. The number of fused-ring (bicyclic) bond motifs is 1. The fourth-order valence-corrected chi connectivity index (χ4v) is 2.76. The predicted molar refractivity (Wildman–Crippen MR) is 82.7 cm³/mol. The van der Waals surface area contributed by atoms with E-state index in [0.717, 1.165) is 10.2 Å². The fourth-order valence-electron chi connectivity index (χ4n) is 1.89. The number of hydrogen-bond donors (Lipinski definition) is 1. The van der Waals surface area contributed by atoms with Gasteiger partial charge in [0.2, 0.25) is 0 Å². The molecule has 0 fully saturated rings. The van der Waals surface area contributed by atoms with Crippen molar-refractivity contribution in [2.24, 2.45) is 0 Å². The van der Waals surface area contributed by atoms with E-state index in [-0.39, 0.29) is 11.6 Å². The Morgan fingerprint density at radius 1 is 1.18 bits per heavy atom. The highest BCUT2D eigenvalue weighted by molar-refractivity contribution is 7.22. The molecule has 112 valence electrons. The summed E-state index contributed by atoms with van der Waals surface area (Å²) in [6, 6.07) is 3.59. The van der Waals surface area contributed by atoms with Gasteiger partial charge in [0, 0.05) is 24.5 Å². The van der Waals surface area contributed by atoms with E-state index >= 15 is 0 Å². The molecule has 0 saturated carbocycles. The second-order valence-corrected chi connectivity index (χ2v) is 5.27. The van der Waals surface area contributed by atoms with Crippen LogP contribution in [0.15, 0.2) is 30.7 Å². The topological polar surface area (TPSA) is 86.2 Å². The van der Waals surface area contributed by atoms with Crippen LogP contribution < -0.4 is 14.8 Å². The molecule has 2 heterocycles. The molecule has 2 aromatic heterocycles. The maximum atomic E-state index is 12.0. The van der Waals surface area contributed by atoms with Gasteiger partial charge in [0.05, 0.1) is 30.6 Å². The Balaban J connectivity index is 1.90. The van der Waals surface area contributed by atoms with E-state index in [0.29, 0.717) is 16.6 Å². The molecule has 3 rings (SSSR count). The zero-order valence-electron chi connectivity index (χ0n) is 11.9. The molecule has 7 nitrogen and oxygen atoms in total. The van der Waals surface area contributed by atoms with Gasteiger partial charge in [0.25, 0.3) is 5.91 Å². The van der Waals surface area contributed by atoms with Gasteiger partial charge in [0.15, 0.2) is 16.6 Å². The summed E-state index contributed by atoms with van der Waals surface area (Å²) in [7, 11) is 3.13. The van der Waals surface area contributed by atoms with Crippen LogP contribution in [-0.2, 0) is 0 Å². The largest absolute Gasteiger partial charge is 0.493 e. The number of rotatable bonds is 4. The van der Waals surface area contributed by atoms with Crippen molar-refractivity contribution in [3.63, 3.8) is 0 Å². The molecule has 1 N–H and O–H groups in total. The van der Waals surface area contributed by atoms with Crippen molar-refractivity contribution in [1.82, 2.24) is 15.0 Å². The molecule has 0 aliphatic rings. The van der Waals surface area contributed by atoms with Gasteiger partial charge in [-0.05, 0) is 0 Å². The molecule has 0 spiro atoms. The van der Waals surface area contributed by atoms with Crippen LogP contribution in [0.1, 0.15) is 10.5 Å². The Hall–Kier alpha value is -2.74.